The minimum Gasteiger partial charge on any atom is -0.330 e. The standard InChI is InChI=1S/C10H10FN3S2/c11-8-2-1-3-9(7(8)4-5-12)16-10-14-13-6-15-10/h1-3,6H,4-5,12H2. The minimum atomic E-state index is -0.208. The maximum atomic E-state index is 13.6. The van der Waals surface area contributed by atoms with E-state index in [1.807, 2.05) is 6.07 Å². The van der Waals surface area contributed by atoms with E-state index < -0.39 is 0 Å². The van der Waals surface area contributed by atoms with Gasteiger partial charge in [-0.2, -0.15) is 0 Å². The van der Waals surface area contributed by atoms with Crippen LogP contribution in [0.1, 0.15) is 5.56 Å². The molecule has 0 aliphatic heterocycles. The largest absolute Gasteiger partial charge is 0.330 e. The molecule has 0 saturated heterocycles. The number of benzene rings is 1. The lowest BCUT2D eigenvalue weighted by atomic mass is 10.1. The molecule has 6 heteroatoms. The van der Waals surface area contributed by atoms with Crippen LogP contribution in [0, 0.1) is 5.82 Å². The van der Waals surface area contributed by atoms with Gasteiger partial charge in [-0.05, 0) is 25.1 Å². The van der Waals surface area contributed by atoms with E-state index in [4.69, 9.17) is 5.73 Å². The maximum absolute atomic E-state index is 13.6. The predicted molar refractivity (Wildman–Crippen MR) is 63.2 cm³/mol. The van der Waals surface area contributed by atoms with Crippen LogP contribution in [0.15, 0.2) is 32.9 Å². The van der Waals surface area contributed by atoms with E-state index in [0.717, 1.165) is 9.24 Å². The highest BCUT2D eigenvalue weighted by Gasteiger charge is 2.10. The van der Waals surface area contributed by atoms with Crippen molar-refractivity contribution < 1.29 is 4.39 Å². The Balaban J connectivity index is 2.29. The zero-order chi connectivity index (χ0) is 11.4. The molecule has 0 amide bonds. The molecule has 2 rings (SSSR count). The molecule has 0 aliphatic carbocycles. The van der Waals surface area contributed by atoms with Crippen LogP contribution >= 0.6 is 23.1 Å². The van der Waals surface area contributed by atoms with Gasteiger partial charge in [0, 0.05) is 10.5 Å². The van der Waals surface area contributed by atoms with E-state index in [9.17, 15) is 4.39 Å². The first-order chi connectivity index (χ1) is 7.81. The van der Waals surface area contributed by atoms with Gasteiger partial charge in [-0.15, -0.1) is 10.2 Å². The van der Waals surface area contributed by atoms with Gasteiger partial charge in [-0.1, -0.05) is 29.2 Å². The molecule has 2 N–H and O–H groups in total. The van der Waals surface area contributed by atoms with Crippen molar-refractivity contribution in [3.05, 3.63) is 35.1 Å². The van der Waals surface area contributed by atoms with Gasteiger partial charge in [-0.3, -0.25) is 0 Å². The molecule has 1 heterocycles. The number of aromatic nitrogens is 2. The fourth-order valence-electron chi connectivity index (χ4n) is 1.32. The SMILES string of the molecule is NCCc1c(F)cccc1Sc1nncs1. The van der Waals surface area contributed by atoms with Crippen molar-refractivity contribution in [3.63, 3.8) is 0 Å². The van der Waals surface area contributed by atoms with Crippen molar-refractivity contribution in [2.75, 3.05) is 6.54 Å². The summed E-state index contributed by atoms with van der Waals surface area (Å²) >= 11 is 2.86. The monoisotopic (exact) mass is 255 g/mol. The summed E-state index contributed by atoms with van der Waals surface area (Å²) in [4.78, 5) is 0.863. The Hall–Kier alpha value is -0.980. The number of nitrogens with two attached hydrogens (primary N) is 1. The minimum absolute atomic E-state index is 0.208. The van der Waals surface area contributed by atoms with E-state index in [1.54, 1.807) is 11.6 Å². The fraction of sp³-hybridized carbons (Fsp3) is 0.200. The molecule has 1 aromatic heterocycles. The van der Waals surface area contributed by atoms with Gasteiger partial charge >= 0.3 is 0 Å². The van der Waals surface area contributed by atoms with Gasteiger partial charge in [0.25, 0.3) is 0 Å². The fourth-order valence-corrected chi connectivity index (χ4v) is 2.94. The van der Waals surface area contributed by atoms with E-state index in [-0.39, 0.29) is 5.82 Å². The molecule has 1 aromatic carbocycles. The average Bonchev–Trinajstić information content (AvgIpc) is 2.76. The Morgan fingerprint density at radius 3 is 3.00 bits per heavy atom. The summed E-state index contributed by atoms with van der Waals surface area (Å²) in [5.41, 5.74) is 7.78. The van der Waals surface area contributed by atoms with Gasteiger partial charge in [0.05, 0.1) is 0 Å². The van der Waals surface area contributed by atoms with Gasteiger partial charge in [0.2, 0.25) is 0 Å². The lowest BCUT2D eigenvalue weighted by Gasteiger charge is -2.07. The second kappa shape index (κ2) is 5.38. The van der Waals surface area contributed by atoms with Gasteiger partial charge in [0.1, 0.15) is 11.3 Å². The molecule has 2 aromatic rings. The van der Waals surface area contributed by atoms with Gasteiger partial charge in [-0.25, -0.2) is 4.39 Å². The third-order valence-corrected chi connectivity index (χ3v) is 3.89. The number of hydrogen-bond donors (Lipinski definition) is 1. The lowest BCUT2D eigenvalue weighted by Crippen LogP contribution is -2.05. The van der Waals surface area contributed by atoms with Crippen molar-refractivity contribution in [3.8, 4) is 0 Å². The molecule has 0 bridgehead atoms. The lowest BCUT2D eigenvalue weighted by molar-refractivity contribution is 0.603. The van der Waals surface area contributed by atoms with Gasteiger partial charge in [0.15, 0.2) is 4.34 Å². The Kier molecular flexibility index (Phi) is 3.87. The Labute approximate surface area is 101 Å². The quantitative estimate of drug-likeness (QED) is 0.911. The summed E-state index contributed by atoms with van der Waals surface area (Å²) in [7, 11) is 0. The average molecular weight is 255 g/mol. The van der Waals surface area contributed by atoms with Crippen molar-refractivity contribution in [2.24, 2.45) is 5.73 Å². The topological polar surface area (TPSA) is 51.8 Å². The summed E-state index contributed by atoms with van der Waals surface area (Å²) in [6.07, 6.45) is 0.536. The van der Waals surface area contributed by atoms with Crippen molar-refractivity contribution in [1.29, 1.82) is 0 Å². The third kappa shape index (κ3) is 2.58. The molecule has 84 valence electrons. The zero-order valence-corrected chi connectivity index (χ0v) is 10.0. The molecule has 0 saturated carbocycles. The van der Waals surface area contributed by atoms with E-state index in [0.29, 0.717) is 18.5 Å². The summed E-state index contributed by atoms with van der Waals surface area (Å²) in [5.74, 6) is -0.208. The second-order valence-electron chi connectivity index (χ2n) is 3.06. The van der Waals surface area contributed by atoms with Crippen molar-refractivity contribution in [2.45, 2.75) is 15.7 Å². The number of rotatable bonds is 4. The summed E-state index contributed by atoms with van der Waals surface area (Å²) in [6.45, 7) is 0.435. The first-order valence-electron chi connectivity index (χ1n) is 4.72. The number of hydrogen-bond acceptors (Lipinski definition) is 5. The highest BCUT2D eigenvalue weighted by atomic mass is 32.2. The molecule has 0 fully saturated rings. The van der Waals surface area contributed by atoms with Crippen LogP contribution in [-0.4, -0.2) is 16.7 Å². The molecule has 3 nitrogen and oxygen atoms in total. The highest BCUT2D eigenvalue weighted by Crippen LogP contribution is 2.32. The maximum Gasteiger partial charge on any atom is 0.178 e. The number of nitrogens with zero attached hydrogens (tertiary/aromatic N) is 2. The smallest absolute Gasteiger partial charge is 0.178 e. The van der Waals surface area contributed by atoms with E-state index in [1.165, 1.54) is 29.2 Å². The van der Waals surface area contributed by atoms with Crippen LogP contribution in [-0.2, 0) is 6.42 Å². The van der Waals surface area contributed by atoms with Crippen molar-refractivity contribution in [1.82, 2.24) is 10.2 Å². The highest BCUT2D eigenvalue weighted by molar-refractivity contribution is 8.01. The van der Waals surface area contributed by atoms with Crippen LogP contribution in [0.4, 0.5) is 4.39 Å². The third-order valence-electron chi connectivity index (χ3n) is 2.01. The summed E-state index contributed by atoms with van der Waals surface area (Å²) in [5, 5.41) is 7.67. The van der Waals surface area contributed by atoms with Gasteiger partial charge < -0.3 is 5.73 Å². The normalized spacial score (nSPS) is 10.6. The summed E-state index contributed by atoms with van der Waals surface area (Å²) in [6, 6.07) is 5.02. The Morgan fingerprint density at radius 1 is 1.44 bits per heavy atom. The number of halogens is 1. The molecule has 0 atom stereocenters. The van der Waals surface area contributed by atoms with E-state index >= 15 is 0 Å². The first kappa shape index (κ1) is 11.5. The second-order valence-corrected chi connectivity index (χ2v) is 5.18. The summed E-state index contributed by atoms with van der Waals surface area (Å²) < 4.78 is 14.4. The molecule has 0 aliphatic rings. The molecular weight excluding hydrogens is 245 g/mol. The zero-order valence-electron chi connectivity index (χ0n) is 8.39. The van der Waals surface area contributed by atoms with Crippen LogP contribution < -0.4 is 5.73 Å². The predicted octanol–water partition coefficient (Wildman–Crippen LogP) is 2.33. The molecular formula is C10H10FN3S2. The van der Waals surface area contributed by atoms with Crippen LogP contribution in [0.3, 0.4) is 0 Å². The molecule has 0 unspecified atom stereocenters. The van der Waals surface area contributed by atoms with Crippen LogP contribution in [0.25, 0.3) is 0 Å². The van der Waals surface area contributed by atoms with Crippen LogP contribution in [0.5, 0.6) is 0 Å². The molecule has 0 radical (unpaired) electrons. The first-order valence-corrected chi connectivity index (χ1v) is 6.42. The van der Waals surface area contributed by atoms with E-state index in [2.05, 4.69) is 10.2 Å². The van der Waals surface area contributed by atoms with Crippen molar-refractivity contribution >= 4 is 23.1 Å². The molecule has 0 spiro atoms. The van der Waals surface area contributed by atoms with Crippen LogP contribution in [0.2, 0.25) is 0 Å². The Bertz CT molecular complexity index is 459. The Morgan fingerprint density at radius 2 is 2.31 bits per heavy atom. The molecule has 16 heavy (non-hydrogen) atoms.